The van der Waals surface area contributed by atoms with Crippen LogP contribution in [0.15, 0.2) is 33.9 Å². The summed E-state index contributed by atoms with van der Waals surface area (Å²) in [5.74, 6) is 0.750. The molecule has 0 saturated carbocycles. The van der Waals surface area contributed by atoms with Gasteiger partial charge in [0.25, 0.3) is 11.5 Å². The smallest absolute Gasteiger partial charge is 0.253 e. The lowest BCUT2D eigenvalue weighted by atomic mass is 10.0. The van der Waals surface area contributed by atoms with Crippen molar-refractivity contribution in [1.29, 1.82) is 0 Å². The number of hydrogen-bond donors (Lipinski definition) is 1. The third-order valence-electron chi connectivity index (χ3n) is 4.21. The van der Waals surface area contributed by atoms with Crippen LogP contribution in [0, 0.1) is 0 Å². The number of nitrogens with one attached hydrogen (secondary N) is 1. The van der Waals surface area contributed by atoms with E-state index in [1.165, 1.54) is 10.6 Å². The number of aromatic nitrogens is 1. The Bertz CT molecular complexity index is 765. The lowest BCUT2D eigenvalue weighted by Crippen LogP contribution is -2.29. The zero-order valence-electron chi connectivity index (χ0n) is 14.2. The second kappa shape index (κ2) is 8.69. The van der Waals surface area contributed by atoms with Crippen molar-refractivity contribution in [3.63, 3.8) is 0 Å². The number of pyridine rings is 1. The van der Waals surface area contributed by atoms with Crippen LogP contribution in [-0.2, 0) is 11.8 Å². The van der Waals surface area contributed by atoms with Crippen molar-refractivity contribution in [2.24, 2.45) is 7.05 Å². The SMILES string of the molecule is Cn1cc(C(=O)NCCSC2CCOCC2)c(-c2ccsc2)cc1=O. The molecular weight excluding hydrogens is 356 g/mol. The maximum absolute atomic E-state index is 12.6. The molecule has 0 spiro atoms. The quantitative estimate of drug-likeness (QED) is 0.785. The van der Waals surface area contributed by atoms with Crippen molar-refractivity contribution in [1.82, 2.24) is 9.88 Å². The van der Waals surface area contributed by atoms with Gasteiger partial charge in [-0.25, -0.2) is 0 Å². The number of carbonyl (C=O) groups is 1. The average molecular weight is 379 g/mol. The summed E-state index contributed by atoms with van der Waals surface area (Å²) in [6, 6.07) is 3.46. The average Bonchev–Trinajstić information content (AvgIpc) is 3.16. The first-order chi connectivity index (χ1) is 12.1. The molecule has 1 aliphatic rings. The van der Waals surface area contributed by atoms with Gasteiger partial charge < -0.3 is 14.6 Å². The van der Waals surface area contributed by atoms with E-state index in [-0.39, 0.29) is 11.5 Å². The Morgan fingerprint density at radius 2 is 2.24 bits per heavy atom. The minimum Gasteiger partial charge on any atom is -0.381 e. The number of thioether (sulfide) groups is 1. The minimum absolute atomic E-state index is 0.118. The Hall–Kier alpha value is -1.57. The molecular formula is C18H22N2O3S2. The molecule has 0 aliphatic carbocycles. The normalized spacial score (nSPS) is 15.2. The fraction of sp³-hybridized carbons (Fsp3) is 0.444. The molecule has 2 aromatic rings. The maximum atomic E-state index is 12.6. The summed E-state index contributed by atoms with van der Waals surface area (Å²) in [6.07, 6.45) is 3.79. The second-order valence-corrected chi connectivity index (χ2v) is 8.19. The highest BCUT2D eigenvalue weighted by molar-refractivity contribution is 7.99. The first kappa shape index (κ1) is 18.2. The highest BCUT2D eigenvalue weighted by Crippen LogP contribution is 2.25. The standard InChI is InChI=1S/C18H22N2O3S2/c1-20-11-16(15(10-17(20)21)13-4-8-24-12-13)18(22)19-5-9-25-14-2-6-23-7-3-14/h4,8,10-12,14H,2-3,5-7,9H2,1H3,(H,19,22). The van der Waals surface area contributed by atoms with Crippen LogP contribution >= 0.6 is 23.1 Å². The van der Waals surface area contributed by atoms with Crippen molar-refractivity contribution in [2.75, 3.05) is 25.5 Å². The van der Waals surface area contributed by atoms with E-state index in [0.29, 0.717) is 22.9 Å². The van der Waals surface area contributed by atoms with Crippen LogP contribution in [-0.4, -0.2) is 41.2 Å². The van der Waals surface area contributed by atoms with E-state index in [0.717, 1.165) is 37.4 Å². The van der Waals surface area contributed by atoms with Gasteiger partial charge in [0.2, 0.25) is 0 Å². The zero-order chi connectivity index (χ0) is 17.6. The predicted octanol–water partition coefficient (Wildman–Crippen LogP) is 2.76. The second-order valence-electron chi connectivity index (χ2n) is 6.00. The van der Waals surface area contributed by atoms with Gasteiger partial charge in [0.15, 0.2) is 0 Å². The Balaban J connectivity index is 1.63. The number of ether oxygens (including phenoxy) is 1. The lowest BCUT2D eigenvalue weighted by molar-refractivity contribution is 0.0955. The molecule has 7 heteroatoms. The zero-order valence-corrected chi connectivity index (χ0v) is 15.8. The summed E-state index contributed by atoms with van der Waals surface area (Å²) in [4.78, 5) is 24.6. The predicted molar refractivity (Wildman–Crippen MR) is 104 cm³/mol. The van der Waals surface area contributed by atoms with Crippen LogP contribution in [0.25, 0.3) is 11.1 Å². The van der Waals surface area contributed by atoms with E-state index in [2.05, 4.69) is 5.32 Å². The van der Waals surface area contributed by atoms with E-state index >= 15 is 0 Å². The Kier molecular flexibility index (Phi) is 6.34. The van der Waals surface area contributed by atoms with Crippen LogP contribution in [0.4, 0.5) is 0 Å². The highest BCUT2D eigenvalue weighted by Gasteiger charge is 2.16. The van der Waals surface area contributed by atoms with Crippen molar-refractivity contribution in [3.05, 3.63) is 45.0 Å². The molecule has 1 aliphatic heterocycles. The molecule has 0 radical (unpaired) electrons. The third kappa shape index (κ3) is 4.74. The number of amides is 1. The molecule has 3 rings (SSSR count). The fourth-order valence-corrected chi connectivity index (χ4v) is 4.53. The molecule has 0 aromatic carbocycles. The topological polar surface area (TPSA) is 60.3 Å². The largest absolute Gasteiger partial charge is 0.381 e. The molecule has 5 nitrogen and oxygen atoms in total. The van der Waals surface area contributed by atoms with Gasteiger partial charge >= 0.3 is 0 Å². The van der Waals surface area contributed by atoms with Crippen molar-refractivity contribution in [2.45, 2.75) is 18.1 Å². The molecule has 2 aromatic heterocycles. The molecule has 134 valence electrons. The van der Waals surface area contributed by atoms with E-state index < -0.39 is 0 Å². The summed E-state index contributed by atoms with van der Waals surface area (Å²) < 4.78 is 6.81. The number of carbonyl (C=O) groups excluding carboxylic acids is 1. The fourth-order valence-electron chi connectivity index (χ4n) is 2.80. The third-order valence-corrected chi connectivity index (χ3v) is 6.28. The van der Waals surface area contributed by atoms with Crippen molar-refractivity contribution >= 4 is 29.0 Å². The number of hydrogen-bond acceptors (Lipinski definition) is 5. The molecule has 3 heterocycles. The number of aryl methyl sites for hydroxylation is 1. The first-order valence-corrected chi connectivity index (χ1v) is 10.3. The van der Waals surface area contributed by atoms with Crippen LogP contribution in [0.5, 0.6) is 0 Å². The summed E-state index contributed by atoms with van der Waals surface area (Å²) >= 11 is 3.44. The van der Waals surface area contributed by atoms with Gasteiger partial charge in [-0.05, 0) is 35.2 Å². The van der Waals surface area contributed by atoms with Gasteiger partial charge in [-0.2, -0.15) is 23.1 Å². The van der Waals surface area contributed by atoms with E-state index in [1.54, 1.807) is 24.6 Å². The molecule has 0 atom stereocenters. The van der Waals surface area contributed by atoms with E-state index in [1.807, 2.05) is 28.6 Å². The van der Waals surface area contributed by atoms with Crippen molar-refractivity contribution < 1.29 is 9.53 Å². The minimum atomic E-state index is -0.135. The van der Waals surface area contributed by atoms with E-state index in [4.69, 9.17) is 4.74 Å². The van der Waals surface area contributed by atoms with E-state index in [9.17, 15) is 9.59 Å². The Morgan fingerprint density at radius 3 is 2.96 bits per heavy atom. The van der Waals surface area contributed by atoms with Crippen LogP contribution in [0.1, 0.15) is 23.2 Å². The van der Waals surface area contributed by atoms with Gasteiger partial charge in [-0.3, -0.25) is 9.59 Å². The molecule has 1 fully saturated rings. The maximum Gasteiger partial charge on any atom is 0.253 e. The number of rotatable bonds is 6. The molecule has 1 amide bonds. The molecule has 1 N–H and O–H groups in total. The van der Waals surface area contributed by atoms with Gasteiger partial charge in [0.1, 0.15) is 0 Å². The van der Waals surface area contributed by atoms with Gasteiger partial charge in [-0.15, -0.1) is 0 Å². The van der Waals surface area contributed by atoms with Crippen LogP contribution < -0.4 is 10.9 Å². The van der Waals surface area contributed by atoms with Crippen LogP contribution in [0.2, 0.25) is 0 Å². The summed E-state index contributed by atoms with van der Waals surface area (Å²) in [7, 11) is 1.66. The van der Waals surface area contributed by atoms with Gasteiger partial charge in [0, 0.05) is 55.6 Å². The summed E-state index contributed by atoms with van der Waals surface area (Å²) in [5, 5.41) is 7.51. The first-order valence-electron chi connectivity index (χ1n) is 8.36. The number of nitrogens with zero attached hydrogens (tertiary/aromatic N) is 1. The van der Waals surface area contributed by atoms with Gasteiger partial charge in [0.05, 0.1) is 5.56 Å². The van der Waals surface area contributed by atoms with Crippen molar-refractivity contribution in [3.8, 4) is 11.1 Å². The molecule has 0 bridgehead atoms. The van der Waals surface area contributed by atoms with Gasteiger partial charge in [-0.1, -0.05) is 0 Å². The lowest BCUT2D eigenvalue weighted by Gasteiger charge is -2.21. The summed E-state index contributed by atoms with van der Waals surface area (Å²) in [6.45, 7) is 2.30. The Labute approximate surface area is 155 Å². The Morgan fingerprint density at radius 1 is 1.44 bits per heavy atom. The van der Waals surface area contributed by atoms with Crippen LogP contribution in [0.3, 0.4) is 0 Å². The molecule has 25 heavy (non-hydrogen) atoms. The monoisotopic (exact) mass is 378 g/mol. The molecule has 0 unspecified atom stereocenters. The molecule has 1 saturated heterocycles. The summed E-state index contributed by atoms with van der Waals surface area (Å²) in [5.41, 5.74) is 2.02. The highest BCUT2D eigenvalue weighted by atomic mass is 32.2. The number of thiophene rings is 1.